The van der Waals surface area contributed by atoms with Crippen molar-refractivity contribution in [2.75, 3.05) is 43.1 Å². The van der Waals surface area contributed by atoms with E-state index >= 15 is 0 Å². The molecule has 0 unspecified atom stereocenters. The van der Waals surface area contributed by atoms with Crippen molar-refractivity contribution in [2.45, 2.75) is 6.92 Å². The summed E-state index contributed by atoms with van der Waals surface area (Å²) in [6.45, 7) is 5.38. The highest BCUT2D eigenvalue weighted by molar-refractivity contribution is 5.90. The lowest BCUT2D eigenvalue weighted by Crippen LogP contribution is -2.37. The minimum absolute atomic E-state index is 0.226. The molecule has 2 aromatic heterocycles. The van der Waals surface area contributed by atoms with E-state index < -0.39 is 0 Å². The molecule has 1 aliphatic rings. The van der Waals surface area contributed by atoms with Gasteiger partial charge >= 0.3 is 6.03 Å². The zero-order valence-corrected chi connectivity index (χ0v) is 16.0. The number of anilines is 2. The number of carbonyl (C=O) groups excluding carboxylic acids is 1. The molecule has 1 fully saturated rings. The van der Waals surface area contributed by atoms with Gasteiger partial charge in [0.15, 0.2) is 17.3 Å². The Balaban J connectivity index is 1.68. The molecule has 0 spiro atoms. The van der Waals surface area contributed by atoms with Crippen LogP contribution < -0.4 is 15.5 Å². The van der Waals surface area contributed by atoms with Gasteiger partial charge in [0.1, 0.15) is 5.52 Å². The summed E-state index contributed by atoms with van der Waals surface area (Å²) < 4.78 is 7.42. The number of imidazole rings is 1. The molecule has 0 bridgehead atoms. The van der Waals surface area contributed by atoms with Crippen LogP contribution in [0, 0.1) is 0 Å². The smallest absolute Gasteiger partial charge is 0.319 e. The molecule has 3 aromatic rings. The number of benzene rings is 1. The Kier molecular flexibility index (Phi) is 5.07. The number of fused-ring (bicyclic) bond motifs is 1. The molecular formula is C19H23N7O2. The molecule has 28 heavy (non-hydrogen) atoms. The second-order valence-electron chi connectivity index (χ2n) is 6.56. The number of aryl methyl sites for hydroxylation is 1. The van der Waals surface area contributed by atoms with Gasteiger partial charge in [0.25, 0.3) is 0 Å². The molecule has 2 amide bonds. The van der Waals surface area contributed by atoms with Gasteiger partial charge in [0.05, 0.1) is 19.5 Å². The molecule has 1 saturated heterocycles. The maximum Gasteiger partial charge on any atom is 0.319 e. The van der Waals surface area contributed by atoms with Gasteiger partial charge in [0, 0.05) is 37.9 Å². The molecule has 2 N–H and O–H groups in total. The van der Waals surface area contributed by atoms with Crippen molar-refractivity contribution in [1.29, 1.82) is 0 Å². The van der Waals surface area contributed by atoms with E-state index in [4.69, 9.17) is 9.72 Å². The largest absolute Gasteiger partial charge is 0.378 e. The molecule has 0 atom stereocenters. The molecular weight excluding hydrogens is 358 g/mol. The van der Waals surface area contributed by atoms with Crippen LogP contribution in [0.4, 0.5) is 16.3 Å². The van der Waals surface area contributed by atoms with Gasteiger partial charge in [-0.3, -0.25) is 0 Å². The summed E-state index contributed by atoms with van der Waals surface area (Å²) in [7, 11) is 1.95. The monoisotopic (exact) mass is 381 g/mol. The molecule has 3 heterocycles. The SMILES string of the molecule is CCNC(=O)Nc1ccc(-c2nc(N3CCOCC3)c3c(ncn3C)n2)cc1. The van der Waals surface area contributed by atoms with Gasteiger partial charge in [-0.1, -0.05) is 0 Å². The number of ether oxygens (including phenoxy) is 1. The predicted molar refractivity (Wildman–Crippen MR) is 107 cm³/mol. The van der Waals surface area contributed by atoms with Crippen molar-refractivity contribution in [1.82, 2.24) is 24.8 Å². The predicted octanol–water partition coefficient (Wildman–Crippen LogP) is 2.01. The van der Waals surface area contributed by atoms with E-state index in [2.05, 4.69) is 25.5 Å². The van der Waals surface area contributed by atoms with Gasteiger partial charge in [-0.25, -0.2) is 19.7 Å². The van der Waals surface area contributed by atoms with E-state index in [0.717, 1.165) is 30.0 Å². The molecule has 146 valence electrons. The molecule has 0 radical (unpaired) electrons. The Labute approximate surface area is 162 Å². The van der Waals surface area contributed by atoms with Crippen LogP contribution in [0.3, 0.4) is 0 Å². The van der Waals surface area contributed by atoms with Crippen LogP contribution >= 0.6 is 0 Å². The summed E-state index contributed by atoms with van der Waals surface area (Å²) in [6, 6.07) is 7.25. The molecule has 4 rings (SSSR count). The fraction of sp³-hybridized carbons (Fsp3) is 0.368. The Bertz CT molecular complexity index is 978. The maximum atomic E-state index is 11.7. The van der Waals surface area contributed by atoms with Crippen LogP contribution in [-0.2, 0) is 11.8 Å². The van der Waals surface area contributed by atoms with Crippen molar-refractivity contribution in [3.05, 3.63) is 30.6 Å². The van der Waals surface area contributed by atoms with Crippen LogP contribution in [0.15, 0.2) is 30.6 Å². The number of aromatic nitrogens is 4. The first-order chi connectivity index (χ1) is 13.7. The molecule has 1 aliphatic heterocycles. The highest BCUT2D eigenvalue weighted by Gasteiger charge is 2.20. The highest BCUT2D eigenvalue weighted by Crippen LogP contribution is 2.28. The minimum Gasteiger partial charge on any atom is -0.378 e. The first-order valence-electron chi connectivity index (χ1n) is 9.32. The third-order valence-electron chi connectivity index (χ3n) is 4.60. The molecule has 1 aromatic carbocycles. The van der Waals surface area contributed by atoms with Crippen molar-refractivity contribution in [3.8, 4) is 11.4 Å². The lowest BCUT2D eigenvalue weighted by molar-refractivity contribution is 0.122. The van der Waals surface area contributed by atoms with E-state index in [9.17, 15) is 4.79 Å². The summed E-state index contributed by atoms with van der Waals surface area (Å²) >= 11 is 0. The third kappa shape index (κ3) is 3.61. The van der Waals surface area contributed by atoms with Crippen molar-refractivity contribution in [2.24, 2.45) is 7.05 Å². The van der Waals surface area contributed by atoms with Gasteiger partial charge in [0.2, 0.25) is 0 Å². The average Bonchev–Trinajstić information content (AvgIpc) is 3.10. The van der Waals surface area contributed by atoms with Crippen molar-refractivity contribution < 1.29 is 9.53 Å². The number of hydrogen-bond acceptors (Lipinski definition) is 6. The number of rotatable bonds is 4. The van der Waals surface area contributed by atoms with Gasteiger partial charge in [-0.15, -0.1) is 0 Å². The summed E-state index contributed by atoms with van der Waals surface area (Å²) in [4.78, 5) is 27.8. The zero-order chi connectivity index (χ0) is 19.5. The zero-order valence-electron chi connectivity index (χ0n) is 16.0. The number of morpholine rings is 1. The van der Waals surface area contributed by atoms with E-state index in [1.54, 1.807) is 6.33 Å². The minimum atomic E-state index is -0.226. The Morgan fingerprint density at radius 1 is 1.18 bits per heavy atom. The summed E-state index contributed by atoms with van der Waals surface area (Å²) in [5.41, 5.74) is 3.16. The summed E-state index contributed by atoms with van der Waals surface area (Å²) in [6.07, 6.45) is 1.76. The van der Waals surface area contributed by atoms with Crippen LogP contribution in [-0.4, -0.2) is 58.4 Å². The number of amides is 2. The molecule has 0 aliphatic carbocycles. The van der Waals surface area contributed by atoms with Crippen LogP contribution in [0.1, 0.15) is 6.92 Å². The Morgan fingerprint density at radius 2 is 1.93 bits per heavy atom. The standard InChI is InChI=1S/C19H23N7O2/c1-3-20-19(27)22-14-6-4-13(5-7-14)16-23-17-15(25(2)12-21-17)18(24-16)26-8-10-28-11-9-26/h4-7,12H,3,8-11H2,1-2H3,(H2,20,22,27). The fourth-order valence-electron chi connectivity index (χ4n) is 3.20. The summed E-state index contributed by atoms with van der Waals surface area (Å²) in [5, 5.41) is 5.49. The maximum absolute atomic E-state index is 11.7. The van der Waals surface area contributed by atoms with E-state index in [0.29, 0.717) is 36.9 Å². The highest BCUT2D eigenvalue weighted by atomic mass is 16.5. The van der Waals surface area contributed by atoms with Crippen LogP contribution in [0.2, 0.25) is 0 Å². The number of nitrogens with one attached hydrogen (secondary N) is 2. The van der Waals surface area contributed by atoms with E-state index in [-0.39, 0.29) is 6.03 Å². The number of hydrogen-bond donors (Lipinski definition) is 2. The fourth-order valence-corrected chi connectivity index (χ4v) is 3.20. The van der Waals surface area contributed by atoms with Gasteiger partial charge < -0.3 is 24.8 Å². The average molecular weight is 381 g/mol. The van der Waals surface area contributed by atoms with Gasteiger partial charge in [-0.05, 0) is 31.2 Å². The first kappa shape index (κ1) is 18.2. The number of nitrogens with zero attached hydrogens (tertiary/aromatic N) is 5. The normalized spacial score (nSPS) is 14.3. The quantitative estimate of drug-likeness (QED) is 0.718. The number of carbonyl (C=O) groups is 1. The molecule has 9 nitrogen and oxygen atoms in total. The second-order valence-corrected chi connectivity index (χ2v) is 6.56. The lowest BCUT2D eigenvalue weighted by Gasteiger charge is -2.28. The lowest BCUT2D eigenvalue weighted by atomic mass is 10.2. The first-order valence-corrected chi connectivity index (χ1v) is 9.32. The van der Waals surface area contributed by atoms with Crippen LogP contribution in [0.5, 0.6) is 0 Å². The third-order valence-corrected chi connectivity index (χ3v) is 4.60. The number of urea groups is 1. The summed E-state index contributed by atoms with van der Waals surface area (Å²) in [5.74, 6) is 1.48. The van der Waals surface area contributed by atoms with Crippen molar-refractivity contribution >= 4 is 28.7 Å². The van der Waals surface area contributed by atoms with E-state index in [1.807, 2.05) is 42.8 Å². The van der Waals surface area contributed by atoms with Crippen molar-refractivity contribution in [3.63, 3.8) is 0 Å². The van der Waals surface area contributed by atoms with E-state index in [1.165, 1.54) is 0 Å². The topological polar surface area (TPSA) is 97.2 Å². The molecule has 9 heteroatoms. The van der Waals surface area contributed by atoms with Crippen LogP contribution in [0.25, 0.3) is 22.6 Å². The Hall–Kier alpha value is -3.20. The van der Waals surface area contributed by atoms with Gasteiger partial charge in [-0.2, -0.15) is 0 Å². The molecule has 0 saturated carbocycles. The Morgan fingerprint density at radius 3 is 2.64 bits per heavy atom. The second kappa shape index (κ2) is 7.81.